The van der Waals surface area contributed by atoms with Crippen molar-refractivity contribution in [3.05, 3.63) is 70.4 Å². The summed E-state index contributed by atoms with van der Waals surface area (Å²) in [5.74, 6) is -0.114. The molecule has 24 heavy (non-hydrogen) atoms. The summed E-state index contributed by atoms with van der Waals surface area (Å²) in [6.45, 7) is 3.82. The second kappa shape index (κ2) is 6.20. The number of urea groups is 1. The number of nitrogens with one attached hydrogen (secondary N) is 1. The highest BCUT2D eigenvalue weighted by molar-refractivity contribution is 6.13. The molecule has 1 saturated heterocycles. The minimum absolute atomic E-state index is 0.233. The molecule has 0 spiro atoms. The van der Waals surface area contributed by atoms with Crippen molar-refractivity contribution in [1.82, 2.24) is 10.2 Å². The lowest BCUT2D eigenvalue weighted by atomic mass is 10.0. The lowest BCUT2D eigenvalue weighted by molar-refractivity contribution is -0.123. The maximum atomic E-state index is 12.5. The largest absolute Gasteiger partial charge is 0.507 e. The molecular formula is C19H18N2O3. The molecule has 2 aromatic carbocycles. The molecule has 0 saturated carbocycles. The van der Waals surface area contributed by atoms with Crippen molar-refractivity contribution >= 4 is 18.0 Å². The number of aromatic hydroxyl groups is 1. The van der Waals surface area contributed by atoms with Gasteiger partial charge < -0.3 is 10.4 Å². The molecule has 0 radical (unpaired) electrons. The zero-order valence-corrected chi connectivity index (χ0v) is 13.5. The summed E-state index contributed by atoms with van der Waals surface area (Å²) in [6.07, 6.45) is 1.63. The van der Waals surface area contributed by atoms with Gasteiger partial charge in [0.25, 0.3) is 5.91 Å². The van der Waals surface area contributed by atoms with Crippen LogP contribution in [0.5, 0.6) is 5.75 Å². The predicted octanol–water partition coefficient (Wildman–Crippen LogP) is 3.10. The van der Waals surface area contributed by atoms with E-state index >= 15 is 0 Å². The number of nitrogens with zero attached hydrogens (tertiary/aromatic N) is 1. The van der Waals surface area contributed by atoms with Gasteiger partial charge in [-0.2, -0.15) is 0 Å². The number of carbonyl (C=O) groups is 2. The van der Waals surface area contributed by atoms with E-state index in [2.05, 4.69) is 5.32 Å². The molecule has 0 atom stereocenters. The highest BCUT2D eigenvalue weighted by atomic mass is 16.3. The van der Waals surface area contributed by atoms with Crippen LogP contribution in [-0.2, 0) is 11.3 Å². The monoisotopic (exact) mass is 322 g/mol. The van der Waals surface area contributed by atoms with Gasteiger partial charge in [-0.05, 0) is 54.3 Å². The van der Waals surface area contributed by atoms with Crippen molar-refractivity contribution in [2.24, 2.45) is 0 Å². The Kier molecular flexibility index (Phi) is 4.08. The Bertz CT molecular complexity index is 818. The normalized spacial score (nSPS) is 15.9. The highest BCUT2D eigenvalue weighted by Crippen LogP contribution is 2.25. The standard InChI is InChI=1S/C19H18N2O3/c1-12-8-15(9-13(2)17(12)22)10-16-18(23)21(19(24)20-16)11-14-6-4-3-5-7-14/h3-10,22H,11H2,1-2H3,(H,20,24)/b16-10-. The van der Waals surface area contributed by atoms with Gasteiger partial charge in [0.15, 0.2) is 0 Å². The number of rotatable bonds is 3. The van der Waals surface area contributed by atoms with E-state index in [1.807, 2.05) is 30.3 Å². The van der Waals surface area contributed by atoms with Gasteiger partial charge in [0.1, 0.15) is 11.4 Å². The average Bonchev–Trinajstić information content (AvgIpc) is 2.81. The van der Waals surface area contributed by atoms with Crippen LogP contribution in [-0.4, -0.2) is 21.9 Å². The average molecular weight is 322 g/mol. The van der Waals surface area contributed by atoms with Gasteiger partial charge in [0, 0.05) is 0 Å². The Morgan fingerprint density at radius 2 is 1.71 bits per heavy atom. The first-order valence-electron chi connectivity index (χ1n) is 7.64. The van der Waals surface area contributed by atoms with Crippen molar-refractivity contribution in [2.75, 3.05) is 0 Å². The number of hydrogen-bond acceptors (Lipinski definition) is 3. The molecule has 5 heteroatoms. The Labute approximate surface area is 140 Å². The van der Waals surface area contributed by atoms with Crippen LogP contribution in [0, 0.1) is 13.8 Å². The van der Waals surface area contributed by atoms with Crippen LogP contribution in [0.3, 0.4) is 0 Å². The summed E-state index contributed by atoms with van der Waals surface area (Å²) < 4.78 is 0. The molecule has 0 unspecified atom stereocenters. The summed E-state index contributed by atoms with van der Waals surface area (Å²) in [6, 6.07) is 12.5. The maximum Gasteiger partial charge on any atom is 0.329 e. The minimum atomic E-state index is -0.428. The number of hydrogen-bond donors (Lipinski definition) is 2. The Morgan fingerprint density at radius 3 is 2.33 bits per heavy atom. The molecule has 1 aliphatic heterocycles. The van der Waals surface area contributed by atoms with Gasteiger partial charge in [-0.15, -0.1) is 0 Å². The summed E-state index contributed by atoms with van der Waals surface area (Å²) >= 11 is 0. The third-order valence-corrected chi connectivity index (χ3v) is 3.97. The lowest BCUT2D eigenvalue weighted by Crippen LogP contribution is -2.30. The Morgan fingerprint density at radius 1 is 1.08 bits per heavy atom. The maximum absolute atomic E-state index is 12.5. The summed E-state index contributed by atoms with van der Waals surface area (Å²) in [5.41, 5.74) is 3.33. The van der Waals surface area contributed by atoms with Crippen LogP contribution in [0.2, 0.25) is 0 Å². The first-order chi connectivity index (χ1) is 11.5. The Hall–Kier alpha value is -3.08. The van der Waals surface area contributed by atoms with Crippen LogP contribution in [0.15, 0.2) is 48.2 Å². The summed E-state index contributed by atoms with van der Waals surface area (Å²) in [5, 5.41) is 12.4. The van der Waals surface area contributed by atoms with E-state index in [9.17, 15) is 14.7 Å². The van der Waals surface area contributed by atoms with E-state index in [-0.39, 0.29) is 23.9 Å². The predicted molar refractivity (Wildman–Crippen MR) is 91.1 cm³/mol. The SMILES string of the molecule is Cc1cc(/C=C2\NC(=O)N(Cc3ccccc3)C2=O)cc(C)c1O. The fraction of sp³-hybridized carbons (Fsp3) is 0.158. The molecule has 1 aliphatic rings. The smallest absolute Gasteiger partial charge is 0.329 e. The number of phenolic OH excluding ortho intramolecular Hbond substituents is 1. The second-order valence-corrected chi connectivity index (χ2v) is 5.87. The van der Waals surface area contributed by atoms with Gasteiger partial charge in [-0.3, -0.25) is 9.69 Å². The van der Waals surface area contributed by atoms with Gasteiger partial charge in [-0.25, -0.2) is 4.79 Å². The number of phenols is 1. The van der Waals surface area contributed by atoms with Gasteiger partial charge >= 0.3 is 6.03 Å². The van der Waals surface area contributed by atoms with Gasteiger partial charge in [0.05, 0.1) is 6.54 Å². The fourth-order valence-electron chi connectivity index (χ4n) is 2.72. The number of carbonyl (C=O) groups excluding carboxylic acids is 2. The summed E-state index contributed by atoms with van der Waals surface area (Å²) in [7, 11) is 0. The Balaban J connectivity index is 1.86. The van der Waals surface area contributed by atoms with Crippen molar-refractivity contribution in [1.29, 1.82) is 0 Å². The molecule has 3 amide bonds. The van der Waals surface area contributed by atoms with Crippen LogP contribution >= 0.6 is 0 Å². The van der Waals surface area contributed by atoms with Crippen molar-refractivity contribution in [3.63, 3.8) is 0 Å². The molecular weight excluding hydrogens is 304 g/mol. The zero-order chi connectivity index (χ0) is 17.3. The molecule has 0 aromatic heterocycles. The topological polar surface area (TPSA) is 69.6 Å². The molecule has 5 nitrogen and oxygen atoms in total. The van der Waals surface area contributed by atoms with Crippen LogP contribution in [0.1, 0.15) is 22.3 Å². The van der Waals surface area contributed by atoms with E-state index in [1.165, 1.54) is 4.90 Å². The first kappa shape index (κ1) is 15.8. The van der Waals surface area contributed by atoms with Crippen molar-refractivity contribution < 1.29 is 14.7 Å². The molecule has 2 N–H and O–H groups in total. The first-order valence-corrected chi connectivity index (χ1v) is 7.64. The summed E-state index contributed by atoms with van der Waals surface area (Å²) in [4.78, 5) is 25.8. The molecule has 122 valence electrons. The molecule has 0 bridgehead atoms. The van der Waals surface area contributed by atoms with Gasteiger partial charge in [0.2, 0.25) is 0 Å². The molecule has 2 aromatic rings. The van der Waals surface area contributed by atoms with Crippen molar-refractivity contribution in [3.8, 4) is 5.75 Å². The van der Waals surface area contributed by atoms with E-state index < -0.39 is 6.03 Å². The third kappa shape index (κ3) is 3.01. The van der Waals surface area contributed by atoms with Gasteiger partial charge in [-0.1, -0.05) is 30.3 Å². The lowest BCUT2D eigenvalue weighted by Gasteiger charge is -2.11. The van der Waals surface area contributed by atoms with Crippen LogP contribution in [0.4, 0.5) is 4.79 Å². The van der Waals surface area contributed by atoms with Crippen LogP contribution < -0.4 is 5.32 Å². The second-order valence-electron chi connectivity index (χ2n) is 5.87. The van der Waals surface area contributed by atoms with Crippen molar-refractivity contribution in [2.45, 2.75) is 20.4 Å². The highest BCUT2D eigenvalue weighted by Gasteiger charge is 2.33. The number of benzene rings is 2. The number of imide groups is 1. The fourth-order valence-corrected chi connectivity index (χ4v) is 2.72. The quantitative estimate of drug-likeness (QED) is 0.674. The van der Waals surface area contributed by atoms with E-state index in [0.717, 1.165) is 22.3 Å². The molecule has 1 heterocycles. The minimum Gasteiger partial charge on any atom is -0.507 e. The number of aryl methyl sites for hydroxylation is 2. The zero-order valence-electron chi connectivity index (χ0n) is 13.5. The third-order valence-electron chi connectivity index (χ3n) is 3.97. The van der Waals surface area contributed by atoms with Crippen LogP contribution in [0.25, 0.3) is 6.08 Å². The van der Waals surface area contributed by atoms with E-state index in [0.29, 0.717) is 0 Å². The van der Waals surface area contributed by atoms with E-state index in [1.54, 1.807) is 32.1 Å². The number of amides is 3. The molecule has 1 fully saturated rings. The molecule has 0 aliphatic carbocycles. The van der Waals surface area contributed by atoms with E-state index in [4.69, 9.17) is 0 Å². The molecule has 3 rings (SSSR count).